The highest BCUT2D eigenvalue weighted by Gasteiger charge is 2.22. The molecule has 0 saturated heterocycles. The average molecular weight is 519 g/mol. The van der Waals surface area contributed by atoms with E-state index in [1.54, 1.807) is 0 Å². The van der Waals surface area contributed by atoms with Crippen LogP contribution in [0.25, 0.3) is 0 Å². The van der Waals surface area contributed by atoms with Gasteiger partial charge in [0, 0.05) is 0 Å². The molecule has 0 aromatic heterocycles. The highest BCUT2D eigenvalue weighted by Crippen LogP contribution is 2.34. The molecule has 222 valence electrons. The number of rotatable bonds is 8. The first-order valence-corrected chi connectivity index (χ1v) is 17.6. The molecular weight excluding hydrogens is 444 g/mol. The molecule has 0 spiro atoms. The molecular formula is C37H74. The second kappa shape index (κ2) is 20.8. The van der Waals surface area contributed by atoms with Crippen LogP contribution in [-0.2, 0) is 0 Å². The summed E-state index contributed by atoms with van der Waals surface area (Å²) in [6.07, 6.45) is 28.4. The van der Waals surface area contributed by atoms with Gasteiger partial charge in [-0.15, -0.1) is 0 Å². The summed E-state index contributed by atoms with van der Waals surface area (Å²) in [5, 5.41) is 0. The Morgan fingerprint density at radius 1 is 0.378 bits per heavy atom. The van der Waals surface area contributed by atoms with Crippen molar-refractivity contribution in [1.82, 2.24) is 0 Å². The van der Waals surface area contributed by atoms with Gasteiger partial charge >= 0.3 is 0 Å². The number of hydrogen-bond acceptors (Lipinski definition) is 0. The summed E-state index contributed by atoms with van der Waals surface area (Å²) in [6.45, 7) is 21.1. The van der Waals surface area contributed by atoms with E-state index in [9.17, 15) is 0 Å². The van der Waals surface area contributed by atoms with Crippen LogP contribution in [0.5, 0.6) is 0 Å². The maximum Gasteiger partial charge on any atom is -0.0386 e. The molecule has 4 aliphatic rings. The van der Waals surface area contributed by atoms with Crippen molar-refractivity contribution < 1.29 is 0 Å². The van der Waals surface area contributed by atoms with Crippen molar-refractivity contribution in [3.63, 3.8) is 0 Å². The predicted octanol–water partition coefficient (Wildman–Crippen LogP) is 13.1. The Morgan fingerprint density at radius 3 is 0.919 bits per heavy atom. The van der Waals surface area contributed by atoms with Gasteiger partial charge in [0.15, 0.2) is 0 Å². The molecule has 4 saturated carbocycles. The maximum atomic E-state index is 2.43. The summed E-state index contributed by atoms with van der Waals surface area (Å²) in [5.74, 6) is 8.96. The van der Waals surface area contributed by atoms with Crippen molar-refractivity contribution in [3.8, 4) is 0 Å². The molecule has 0 heteroatoms. The Morgan fingerprint density at radius 2 is 0.676 bits per heavy atom. The molecule has 0 N–H and O–H groups in total. The third-order valence-electron chi connectivity index (χ3n) is 10.0. The van der Waals surface area contributed by atoms with Crippen LogP contribution in [0.2, 0.25) is 0 Å². The van der Waals surface area contributed by atoms with Crippen LogP contribution >= 0.6 is 0 Å². The molecule has 4 aliphatic carbocycles. The fourth-order valence-electron chi connectivity index (χ4n) is 7.08. The molecule has 37 heavy (non-hydrogen) atoms. The number of hydrogen-bond donors (Lipinski definition) is 0. The third-order valence-corrected chi connectivity index (χ3v) is 10.0. The predicted molar refractivity (Wildman–Crippen MR) is 170 cm³/mol. The zero-order valence-corrected chi connectivity index (χ0v) is 27.6. The van der Waals surface area contributed by atoms with Gasteiger partial charge in [0.1, 0.15) is 0 Å². The van der Waals surface area contributed by atoms with E-state index in [0.29, 0.717) is 0 Å². The van der Waals surface area contributed by atoms with Gasteiger partial charge in [0.05, 0.1) is 0 Å². The van der Waals surface area contributed by atoms with Gasteiger partial charge in [-0.1, -0.05) is 165 Å². The highest BCUT2D eigenvalue weighted by molar-refractivity contribution is 4.73. The molecule has 0 heterocycles. The van der Waals surface area contributed by atoms with Crippen molar-refractivity contribution >= 4 is 0 Å². The lowest BCUT2D eigenvalue weighted by molar-refractivity contribution is 0.213. The standard InChI is InChI=1S/C11H22.C10H20.2C8H16/c1-9(2)10(3)11-7-5-4-6-8-11;1-9(2)8-10-6-4-3-5-7-10;2*1-7(2)6-8-4-3-5-8/h9-11H,4-8H2,1-3H3;9-10H,3-8H2,1-2H3;2*7-8H,3-6H2,1-2H3. The van der Waals surface area contributed by atoms with Crippen molar-refractivity contribution in [1.29, 1.82) is 0 Å². The summed E-state index contributed by atoms with van der Waals surface area (Å²) in [5.41, 5.74) is 0. The molecule has 0 aromatic rings. The molecule has 1 unspecified atom stereocenters. The molecule has 0 amide bonds. The van der Waals surface area contributed by atoms with E-state index in [2.05, 4.69) is 62.3 Å². The zero-order valence-electron chi connectivity index (χ0n) is 27.6. The molecule has 4 rings (SSSR count). The Kier molecular flexibility index (Phi) is 19.7. The second-order valence-electron chi connectivity index (χ2n) is 15.5. The first-order chi connectivity index (χ1) is 17.6. The topological polar surface area (TPSA) is 0 Å². The van der Waals surface area contributed by atoms with Crippen molar-refractivity contribution in [3.05, 3.63) is 0 Å². The molecule has 0 nitrogen and oxygen atoms in total. The summed E-state index contributed by atoms with van der Waals surface area (Å²) >= 11 is 0. The molecule has 1 atom stereocenters. The molecule has 0 radical (unpaired) electrons. The quantitative estimate of drug-likeness (QED) is 0.299. The van der Waals surface area contributed by atoms with Crippen LogP contribution in [0.15, 0.2) is 0 Å². The Bertz CT molecular complexity index is 460. The molecule has 4 fully saturated rings. The lowest BCUT2D eigenvalue weighted by Crippen LogP contribution is -2.19. The summed E-state index contributed by atoms with van der Waals surface area (Å²) in [6, 6.07) is 0. The van der Waals surface area contributed by atoms with Gasteiger partial charge < -0.3 is 0 Å². The van der Waals surface area contributed by atoms with Crippen LogP contribution in [-0.4, -0.2) is 0 Å². The smallest absolute Gasteiger partial charge is 0.0386 e. The van der Waals surface area contributed by atoms with E-state index >= 15 is 0 Å². The van der Waals surface area contributed by atoms with Crippen molar-refractivity contribution in [2.24, 2.45) is 53.3 Å². The van der Waals surface area contributed by atoms with Gasteiger partial charge in [0.2, 0.25) is 0 Å². The van der Waals surface area contributed by atoms with E-state index in [-0.39, 0.29) is 0 Å². The Labute approximate surface area is 237 Å². The van der Waals surface area contributed by atoms with Crippen molar-refractivity contribution in [2.45, 2.75) is 184 Å². The Hall–Kier alpha value is 0. The molecule has 0 bridgehead atoms. The van der Waals surface area contributed by atoms with Crippen LogP contribution in [0, 0.1) is 53.3 Å². The minimum Gasteiger partial charge on any atom is -0.0628 e. The summed E-state index contributed by atoms with van der Waals surface area (Å²) < 4.78 is 0. The first-order valence-electron chi connectivity index (χ1n) is 17.6. The van der Waals surface area contributed by atoms with Crippen LogP contribution in [0.4, 0.5) is 0 Å². The fourth-order valence-corrected chi connectivity index (χ4v) is 7.08. The van der Waals surface area contributed by atoms with Gasteiger partial charge in [0.25, 0.3) is 0 Å². The van der Waals surface area contributed by atoms with Gasteiger partial charge in [-0.3, -0.25) is 0 Å². The largest absolute Gasteiger partial charge is 0.0628 e. The van der Waals surface area contributed by atoms with E-state index in [4.69, 9.17) is 0 Å². The van der Waals surface area contributed by atoms with E-state index < -0.39 is 0 Å². The Balaban J connectivity index is 0.000000249. The highest BCUT2D eigenvalue weighted by atomic mass is 14.3. The average Bonchev–Trinajstić information content (AvgIpc) is 2.80. The minimum atomic E-state index is 0.887. The SMILES string of the molecule is CC(C)C(C)C1CCCCC1.CC(C)CC1CCC1.CC(C)CC1CCC1.CC(C)CC1CCCCC1. The molecule has 0 aromatic carbocycles. The third kappa shape index (κ3) is 18.1. The van der Waals surface area contributed by atoms with Crippen molar-refractivity contribution in [2.75, 3.05) is 0 Å². The van der Waals surface area contributed by atoms with E-state index in [0.717, 1.165) is 53.3 Å². The molecule has 0 aliphatic heterocycles. The summed E-state index contributed by atoms with van der Waals surface area (Å²) in [4.78, 5) is 0. The maximum absolute atomic E-state index is 2.43. The van der Waals surface area contributed by atoms with E-state index in [1.807, 2.05) is 0 Å². The van der Waals surface area contributed by atoms with Gasteiger partial charge in [-0.05, 0) is 72.5 Å². The van der Waals surface area contributed by atoms with Crippen LogP contribution < -0.4 is 0 Å². The lowest BCUT2D eigenvalue weighted by atomic mass is 9.76. The zero-order chi connectivity index (χ0) is 27.6. The normalized spacial score (nSPS) is 22.3. The van der Waals surface area contributed by atoms with E-state index in [1.165, 1.54) is 122 Å². The first kappa shape index (κ1) is 35.0. The minimum absolute atomic E-state index is 0.887. The lowest BCUT2D eigenvalue weighted by Gasteiger charge is -2.30. The fraction of sp³-hybridized carbons (Fsp3) is 1.00. The van der Waals surface area contributed by atoms with Gasteiger partial charge in [-0.2, -0.15) is 0 Å². The van der Waals surface area contributed by atoms with Crippen LogP contribution in [0.1, 0.15) is 184 Å². The van der Waals surface area contributed by atoms with Gasteiger partial charge in [-0.25, -0.2) is 0 Å². The monoisotopic (exact) mass is 519 g/mol. The summed E-state index contributed by atoms with van der Waals surface area (Å²) in [7, 11) is 0. The van der Waals surface area contributed by atoms with Crippen LogP contribution in [0.3, 0.4) is 0 Å². The second-order valence-corrected chi connectivity index (χ2v) is 15.5.